The molecule has 0 spiro atoms. The number of nitrogens with zero attached hydrogens (tertiary/aromatic N) is 1. The Morgan fingerprint density at radius 3 is 2.26 bits per heavy atom. The molecule has 1 fully saturated rings. The highest BCUT2D eigenvalue weighted by Crippen LogP contribution is 2.28. The fourth-order valence-electron chi connectivity index (χ4n) is 1.83. The molecule has 4 nitrogen and oxygen atoms in total. The molecular weight excluding hydrogens is 263 g/mol. The maximum atomic E-state index is 12.2. The average molecular weight is 273 g/mol. The second-order valence-corrected chi connectivity index (χ2v) is 4.03. The molecule has 0 aliphatic carbocycles. The van der Waals surface area contributed by atoms with Gasteiger partial charge in [0.15, 0.2) is 0 Å². The topological polar surface area (TPSA) is 46.6 Å². The molecule has 1 aliphatic heterocycles. The molecule has 1 aliphatic rings. The number of carbonyl (C=O) groups is 2. The third-order valence-corrected chi connectivity index (χ3v) is 2.68. The lowest BCUT2D eigenvalue weighted by Gasteiger charge is -2.17. The van der Waals surface area contributed by atoms with E-state index < -0.39 is 12.1 Å². The summed E-state index contributed by atoms with van der Waals surface area (Å²) in [5.74, 6) is -1.17. The van der Waals surface area contributed by atoms with Crippen LogP contribution in [0.25, 0.3) is 0 Å². The summed E-state index contributed by atoms with van der Waals surface area (Å²) in [6.45, 7) is -0.204. The van der Waals surface area contributed by atoms with Crippen LogP contribution in [0.2, 0.25) is 0 Å². The molecular formula is C12H10F3NO3. The standard InChI is InChI=1S/C12H10F3NO3/c13-12(14,15)19-9-4-2-1-3-8(9)7-16-10(17)5-6-11(16)18/h1-4H,5-7H2. The van der Waals surface area contributed by atoms with Crippen LogP contribution >= 0.6 is 0 Å². The van der Waals surface area contributed by atoms with Gasteiger partial charge in [0.2, 0.25) is 11.8 Å². The van der Waals surface area contributed by atoms with E-state index in [2.05, 4.69) is 4.74 Å². The molecule has 2 rings (SSSR count). The Morgan fingerprint density at radius 2 is 1.68 bits per heavy atom. The van der Waals surface area contributed by atoms with Crippen LogP contribution in [0.3, 0.4) is 0 Å². The normalized spacial score (nSPS) is 16.1. The van der Waals surface area contributed by atoms with Gasteiger partial charge < -0.3 is 4.74 Å². The van der Waals surface area contributed by atoms with E-state index in [9.17, 15) is 22.8 Å². The van der Waals surface area contributed by atoms with Crippen molar-refractivity contribution >= 4 is 11.8 Å². The zero-order valence-electron chi connectivity index (χ0n) is 9.74. The van der Waals surface area contributed by atoms with E-state index in [4.69, 9.17) is 0 Å². The lowest BCUT2D eigenvalue weighted by atomic mass is 10.2. The van der Waals surface area contributed by atoms with Crippen LogP contribution < -0.4 is 4.74 Å². The van der Waals surface area contributed by atoms with E-state index in [0.717, 1.165) is 11.0 Å². The molecule has 0 saturated carbocycles. The zero-order valence-corrected chi connectivity index (χ0v) is 9.74. The first-order valence-corrected chi connectivity index (χ1v) is 5.53. The number of amides is 2. The molecule has 0 atom stereocenters. The number of likely N-dealkylation sites (tertiary alicyclic amines) is 1. The van der Waals surface area contributed by atoms with E-state index in [1.165, 1.54) is 18.2 Å². The highest BCUT2D eigenvalue weighted by molar-refractivity contribution is 6.01. The molecule has 102 valence electrons. The number of para-hydroxylation sites is 1. The quantitative estimate of drug-likeness (QED) is 0.793. The molecule has 1 aromatic rings. The van der Waals surface area contributed by atoms with Gasteiger partial charge in [-0.25, -0.2) is 0 Å². The number of halogens is 3. The van der Waals surface area contributed by atoms with Crippen molar-refractivity contribution in [3.8, 4) is 5.75 Å². The monoisotopic (exact) mass is 273 g/mol. The lowest BCUT2D eigenvalue weighted by Crippen LogP contribution is -2.29. The summed E-state index contributed by atoms with van der Waals surface area (Å²) < 4.78 is 40.5. The molecule has 1 aromatic carbocycles. The molecule has 19 heavy (non-hydrogen) atoms. The van der Waals surface area contributed by atoms with Gasteiger partial charge in [-0.2, -0.15) is 0 Å². The third-order valence-electron chi connectivity index (χ3n) is 2.68. The van der Waals surface area contributed by atoms with Crippen molar-refractivity contribution in [3.63, 3.8) is 0 Å². The predicted molar refractivity (Wildman–Crippen MR) is 57.9 cm³/mol. The minimum absolute atomic E-state index is 0.0983. The smallest absolute Gasteiger partial charge is 0.405 e. The highest BCUT2D eigenvalue weighted by Gasteiger charge is 2.33. The Balaban J connectivity index is 2.20. The van der Waals surface area contributed by atoms with E-state index in [1.807, 2.05) is 0 Å². The molecule has 0 radical (unpaired) electrons. The van der Waals surface area contributed by atoms with Crippen molar-refractivity contribution in [2.24, 2.45) is 0 Å². The van der Waals surface area contributed by atoms with Gasteiger partial charge in [0.1, 0.15) is 5.75 Å². The second-order valence-electron chi connectivity index (χ2n) is 4.03. The Morgan fingerprint density at radius 1 is 1.11 bits per heavy atom. The van der Waals surface area contributed by atoms with Gasteiger partial charge in [-0.3, -0.25) is 14.5 Å². The number of ether oxygens (including phenoxy) is 1. The Labute approximate surface area is 106 Å². The number of alkyl halides is 3. The van der Waals surface area contributed by atoms with Crippen molar-refractivity contribution in [1.82, 2.24) is 4.90 Å². The molecule has 0 N–H and O–H groups in total. The average Bonchev–Trinajstić information content (AvgIpc) is 2.61. The number of benzene rings is 1. The van der Waals surface area contributed by atoms with Crippen LogP contribution in [-0.4, -0.2) is 23.1 Å². The second kappa shape index (κ2) is 4.91. The Bertz CT molecular complexity index is 497. The van der Waals surface area contributed by atoms with Crippen molar-refractivity contribution in [2.75, 3.05) is 0 Å². The largest absolute Gasteiger partial charge is 0.573 e. The molecule has 0 aromatic heterocycles. The zero-order chi connectivity index (χ0) is 14.0. The van der Waals surface area contributed by atoms with Crippen LogP contribution in [0.4, 0.5) is 13.2 Å². The fraction of sp³-hybridized carbons (Fsp3) is 0.333. The fourth-order valence-corrected chi connectivity index (χ4v) is 1.83. The first kappa shape index (κ1) is 13.4. The summed E-state index contributed by atoms with van der Waals surface area (Å²) in [7, 11) is 0. The summed E-state index contributed by atoms with van der Waals surface area (Å²) in [4.78, 5) is 23.8. The van der Waals surface area contributed by atoms with Crippen molar-refractivity contribution < 1.29 is 27.5 Å². The summed E-state index contributed by atoms with van der Waals surface area (Å²) in [6.07, 6.45) is -4.61. The van der Waals surface area contributed by atoms with Crippen LogP contribution in [-0.2, 0) is 16.1 Å². The van der Waals surface area contributed by atoms with Crippen molar-refractivity contribution in [1.29, 1.82) is 0 Å². The molecule has 1 saturated heterocycles. The van der Waals surface area contributed by atoms with Crippen LogP contribution in [0.5, 0.6) is 5.75 Å². The van der Waals surface area contributed by atoms with E-state index >= 15 is 0 Å². The Kier molecular flexibility index (Phi) is 3.46. The molecule has 1 heterocycles. The molecule has 7 heteroatoms. The van der Waals surface area contributed by atoms with Gasteiger partial charge in [-0.15, -0.1) is 13.2 Å². The summed E-state index contributed by atoms with van der Waals surface area (Å²) in [5, 5.41) is 0. The molecule has 0 unspecified atom stereocenters. The lowest BCUT2D eigenvalue weighted by molar-refractivity contribution is -0.274. The Hall–Kier alpha value is -2.05. The first-order valence-electron chi connectivity index (χ1n) is 5.53. The van der Waals surface area contributed by atoms with Gasteiger partial charge in [-0.1, -0.05) is 18.2 Å². The number of hydrogen-bond donors (Lipinski definition) is 0. The predicted octanol–water partition coefficient (Wildman–Crippen LogP) is 2.23. The highest BCUT2D eigenvalue weighted by atomic mass is 19.4. The van der Waals surface area contributed by atoms with Gasteiger partial charge in [0.05, 0.1) is 6.54 Å². The summed E-state index contributed by atoms with van der Waals surface area (Å²) >= 11 is 0. The van der Waals surface area contributed by atoms with Crippen LogP contribution in [0.1, 0.15) is 18.4 Å². The summed E-state index contributed by atoms with van der Waals surface area (Å²) in [6, 6.07) is 5.44. The summed E-state index contributed by atoms with van der Waals surface area (Å²) in [5.41, 5.74) is 0.142. The number of carbonyl (C=O) groups excluding carboxylic acids is 2. The van der Waals surface area contributed by atoms with E-state index in [0.29, 0.717) is 0 Å². The van der Waals surface area contributed by atoms with Gasteiger partial charge in [-0.05, 0) is 6.07 Å². The molecule has 2 amide bonds. The number of imide groups is 1. The van der Waals surface area contributed by atoms with Crippen LogP contribution in [0, 0.1) is 0 Å². The maximum Gasteiger partial charge on any atom is 0.573 e. The van der Waals surface area contributed by atoms with Gasteiger partial charge >= 0.3 is 6.36 Å². The minimum atomic E-state index is -4.81. The van der Waals surface area contributed by atoms with Gasteiger partial charge in [0, 0.05) is 18.4 Å². The van der Waals surface area contributed by atoms with E-state index in [1.54, 1.807) is 0 Å². The van der Waals surface area contributed by atoms with Gasteiger partial charge in [0.25, 0.3) is 0 Å². The van der Waals surface area contributed by atoms with Crippen molar-refractivity contribution in [3.05, 3.63) is 29.8 Å². The minimum Gasteiger partial charge on any atom is -0.405 e. The third kappa shape index (κ3) is 3.24. The van der Waals surface area contributed by atoms with Crippen molar-refractivity contribution in [2.45, 2.75) is 25.7 Å². The van der Waals surface area contributed by atoms with E-state index in [-0.39, 0.29) is 36.8 Å². The number of rotatable bonds is 3. The van der Waals surface area contributed by atoms with Crippen LogP contribution in [0.15, 0.2) is 24.3 Å². The first-order chi connectivity index (χ1) is 8.87. The SMILES string of the molecule is O=C1CCC(=O)N1Cc1ccccc1OC(F)(F)F. The number of hydrogen-bond acceptors (Lipinski definition) is 3. The maximum absolute atomic E-state index is 12.2. The molecule has 0 bridgehead atoms.